The van der Waals surface area contributed by atoms with Gasteiger partial charge in [-0.05, 0) is 13.8 Å². The van der Waals surface area contributed by atoms with Gasteiger partial charge in [-0.15, -0.1) is 0 Å². The van der Waals surface area contributed by atoms with Crippen LogP contribution >= 0.6 is 0 Å². The zero-order chi connectivity index (χ0) is 5.86. The van der Waals surface area contributed by atoms with Gasteiger partial charge >= 0.3 is 38.7 Å². The fourth-order valence-corrected chi connectivity index (χ4v) is 0.577. The van der Waals surface area contributed by atoms with Gasteiger partial charge in [0.25, 0.3) is 0 Å². The molecule has 8 heavy (non-hydrogen) atoms. The minimum absolute atomic E-state index is 0. The standard InChI is InChI=1S/C3H7O3Si.Na/c1-3(2)6-7(4)5;/h3H,1-2H3;/q-1;+1. The Morgan fingerprint density at radius 3 is 2.00 bits per heavy atom. The molecule has 0 N–H and O–H groups in total. The summed E-state index contributed by atoms with van der Waals surface area (Å²) in [6, 6.07) is 0. The zero-order valence-electron chi connectivity index (χ0n) is 5.30. The molecule has 0 unspecified atom stereocenters. The van der Waals surface area contributed by atoms with Crippen LogP contribution in [0.3, 0.4) is 0 Å². The zero-order valence-corrected chi connectivity index (χ0v) is 8.30. The van der Waals surface area contributed by atoms with E-state index in [2.05, 4.69) is 4.43 Å². The first kappa shape index (κ1) is 11.4. The van der Waals surface area contributed by atoms with Crippen molar-refractivity contribution in [1.82, 2.24) is 0 Å². The molecule has 0 aromatic heterocycles. The van der Waals surface area contributed by atoms with E-state index in [0.717, 1.165) is 0 Å². The van der Waals surface area contributed by atoms with Gasteiger partial charge in [0, 0.05) is 6.10 Å². The number of rotatable bonds is 2. The summed E-state index contributed by atoms with van der Waals surface area (Å²) in [4.78, 5) is 9.66. The summed E-state index contributed by atoms with van der Waals surface area (Å²) in [6.07, 6.45) is -0.205. The molecule has 0 aliphatic heterocycles. The van der Waals surface area contributed by atoms with Crippen molar-refractivity contribution in [2.75, 3.05) is 0 Å². The smallest absolute Gasteiger partial charge is 0.585 e. The van der Waals surface area contributed by atoms with Gasteiger partial charge < -0.3 is 13.7 Å². The van der Waals surface area contributed by atoms with Crippen LogP contribution in [0.4, 0.5) is 0 Å². The van der Waals surface area contributed by atoms with Crippen molar-refractivity contribution >= 4 is 9.17 Å². The molecule has 0 atom stereocenters. The molecule has 0 aliphatic rings. The van der Waals surface area contributed by atoms with Gasteiger partial charge in [0.05, 0.1) is 0 Å². The average molecular weight is 142 g/mol. The normalized spacial score (nSPS) is 7.88. The van der Waals surface area contributed by atoms with E-state index in [-0.39, 0.29) is 35.7 Å². The van der Waals surface area contributed by atoms with Crippen molar-refractivity contribution in [2.45, 2.75) is 20.0 Å². The van der Waals surface area contributed by atoms with Crippen LogP contribution in [-0.2, 0) is 8.89 Å². The fourth-order valence-electron chi connectivity index (χ4n) is 0.192. The summed E-state index contributed by atoms with van der Waals surface area (Å²) in [7, 11) is -2.93. The molecule has 0 aromatic rings. The average Bonchev–Trinajstić information content (AvgIpc) is 1.27. The van der Waals surface area contributed by atoms with Gasteiger partial charge in [-0.1, -0.05) is 0 Å². The predicted octanol–water partition coefficient (Wildman–Crippen LogP) is -3.81. The number of hydrogen-bond donors (Lipinski definition) is 0. The first-order valence-electron chi connectivity index (χ1n) is 2.00. The van der Waals surface area contributed by atoms with Crippen LogP contribution in [0.2, 0.25) is 0 Å². The maximum atomic E-state index is 9.66. The molecule has 0 spiro atoms. The van der Waals surface area contributed by atoms with E-state index in [0.29, 0.717) is 0 Å². The van der Waals surface area contributed by atoms with E-state index < -0.39 is 9.17 Å². The van der Waals surface area contributed by atoms with E-state index in [1.165, 1.54) is 0 Å². The van der Waals surface area contributed by atoms with Crippen molar-refractivity contribution in [2.24, 2.45) is 0 Å². The van der Waals surface area contributed by atoms with Gasteiger partial charge in [0.2, 0.25) is 0 Å². The van der Waals surface area contributed by atoms with Gasteiger partial charge in [0.1, 0.15) is 0 Å². The summed E-state index contributed by atoms with van der Waals surface area (Å²) in [5, 5.41) is 0. The first-order valence-corrected chi connectivity index (χ1v) is 3.23. The largest absolute Gasteiger partial charge is 1.00 e. The molecule has 0 fully saturated rings. The van der Waals surface area contributed by atoms with E-state index in [9.17, 15) is 9.26 Å². The Kier molecular flexibility index (Phi) is 8.20. The second-order valence-electron chi connectivity index (χ2n) is 1.42. The van der Waals surface area contributed by atoms with Crippen LogP contribution in [0.25, 0.3) is 0 Å². The fraction of sp³-hybridized carbons (Fsp3) is 1.00. The SMILES string of the molecule is CC(C)O[Si](=O)[O-].[Na+]. The maximum absolute atomic E-state index is 9.66. The van der Waals surface area contributed by atoms with Crippen molar-refractivity contribution < 1.29 is 43.2 Å². The Labute approximate surface area is 72.2 Å². The Balaban J connectivity index is 0. The van der Waals surface area contributed by atoms with E-state index in [1.54, 1.807) is 13.8 Å². The molecule has 0 aliphatic carbocycles. The molecule has 0 heterocycles. The summed E-state index contributed by atoms with van der Waals surface area (Å²) >= 11 is 0. The third-order valence-corrected chi connectivity index (χ3v) is 0.996. The van der Waals surface area contributed by atoms with E-state index >= 15 is 0 Å². The second kappa shape index (κ2) is 5.75. The van der Waals surface area contributed by atoms with Crippen molar-refractivity contribution in [3.05, 3.63) is 0 Å². The van der Waals surface area contributed by atoms with Gasteiger partial charge in [-0.2, -0.15) is 0 Å². The maximum Gasteiger partial charge on any atom is 1.00 e. The molecule has 0 saturated heterocycles. The molecule has 0 aromatic carbocycles. The van der Waals surface area contributed by atoms with Crippen LogP contribution < -0.4 is 34.4 Å². The third kappa shape index (κ3) is 9.79. The summed E-state index contributed by atoms with van der Waals surface area (Å²) in [5.74, 6) is 0. The molecular formula is C3H7NaO3Si. The van der Waals surface area contributed by atoms with Crippen LogP contribution in [0.15, 0.2) is 0 Å². The molecule has 0 amide bonds. The Bertz CT molecular complexity index is 74.9. The van der Waals surface area contributed by atoms with Crippen LogP contribution in [-0.4, -0.2) is 15.3 Å². The predicted molar refractivity (Wildman–Crippen MR) is 22.7 cm³/mol. The van der Waals surface area contributed by atoms with Crippen LogP contribution in [0.5, 0.6) is 0 Å². The van der Waals surface area contributed by atoms with Gasteiger partial charge in [-0.3, -0.25) is 0 Å². The van der Waals surface area contributed by atoms with E-state index in [1.807, 2.05) is 0 Å². The van der Waals surface area contributed by atoms with Gasteiger partial charge in [0.15, 0.2) is 0 Å². The van der Waals surface area contributed by atoms with Crippen LogP contribution in [0, 0.1) is 0 Å². The van der Waals surface area contributed by atoms with Crippen molar-refractivity contribution in [3.63, 3.8) is 0 Å². The third-order valence-electron chi connectivity index (χ3n) is 0.332. The number of hydrogen-bond acceptors (Lipinski definition) is 3. The molecular weight excluding hydrogens is 135 g/mol. The molecule has 0 bridgehead atoms. The van der Waals surface area contributed by atoms with Gasteiger partial charge in [-0.25, -0.2) is 0 Å². The van der Waals surface area contributed by atoms with E-state index in [4.69, 9.17) is 0 Å². The topological polar surface area (TPSA) is 49.4 Å². The summed E-state index contributed by atoms with van der Waals surface area (Å²) < 4.78 is 13.9. The van der Waals surface area contributed by atoms with Crippen LogP contribution in [0.1, 0.15) is 13.8 Å². The first-order chi connectivity index (χ1) is 3.13. The van der Waals surface area contributed by atoms with Crippen molar-refractivity contribution in [1.29, 1.82) is 0 Å². The summed E-state index contributed by atoms with van der Waals surface area (Å²) in [6.45, 7) is 3.33. The molecule has 0 radical (unpaired) electrons. The second-order valence-corrected chi connectivity index (χ2v) is 2.15. The summed E-state index contributed by atoms with van der Waals surface area (Å²) in [5.41, 5.74) is 0. The monoisotopic (exact) mass is 142 g/mol. The minimum atomic E-state index is -2.93. The Morgan fingerprint density at radius 1 is 1.62 bits per heavy atom. The molecule has 0 rings (SSSR count). The Morgan fingerprint density at radius 2 is 2.00 bits per heavy atom. The quantitative estimate of drug-likeness (QED) is 0.371. The molecule has 3 nitrogen and oxygen atoms in total. The minimum Gasteiger partial charge on any atom is -0.585 e. The molecule has 42 valence electrons. The molecule has 0 saturated carbocycles. The van der Waals surface area contributed by atoms with Crippen molar-refractivity contribution in [3.8, 4) is 0 Å². The Hall–Kier alpha value is 0.617. The molecule has 5 heteroatoms.